The van der Waals surface area contributed by atoms with E-state index in [0.29, 0.717) is 5.88 Å². The molecule has 1 aromatic rings. The first kappa shape index (κ1) is 9.28. The Morgan fingerprint density at radius 2 is 1.67 bits per heavy atom. The molecule has 0 amide bonds. The van der Waals surface area contributed by atoms with Gasteiger partial charge in [0.15, 0.2) is 0 Å². The first-order chi connectivity index (χ1) is 3.93. The molecule has 1 rings (SSSR count). The maximum Gasteiger partial charge on any atom is 0.316 e. The van der Waals surface area contributed by atoms with Crippen LogP contribution in [0.2, 0.25) is 0 Å². The molecule has 0 saturated heterocycles. The van der Waals surface area contributed by atoms with Crippen molar-refractivity contribution in [3.8, 4) is 0 Å². The molecule has 0 aliphatic heterocycles. The Morgan fingerprint density at radius 3 is 2.00 bits per heavy atom. The van der Waals surface area contributed by atoms with Crippen LogP contribution in [-0.2, 0) is 5.88 Å². The van der Waals surface area contributed by atoms with Gasteiger partial charge in [-0.2, -0.15) is 0 Å². The van der Waals surface area contributed by atoms with Gasteiger partial charge in [-0.25, -0.2) is 0 Å². The fourth-order valence-corrected chi connectivity index (χ4v) is 0.745. The molecule has 0 radical (unpaired) electrons. The van der Waals surface area contributed by atoms with Crippen LogP contribution in [0.25, 0.3) is 0 Å². The normalized spacial score (nSPS) is 8.11. The van der Waals surface area contributed by atoms with E-state index in [1.54, 1.807) is 0 Å². The minimum atomic E-state index is 0. The van der Waals surface area contributed by atoms with Crippen LogP contribution >= 0.6 is 11.6 Å². The summed E-state index contributed by atoms with van der Waals surface area (Å²) in [6.45, 7) is 0. The highest BCUT2D eigenvalue weighted by Crippen LogP contribution is 2.00. The molecule has 0 saturated carbocycles. The number of hydrogen-bond donors (Lipinski definition) is 0. The van der Waals surface area contributed by atoms with Crippen LogP contribution in [0.3, 0.4) is 0 Å². The predicted molar refractivity (Wildman–Crippen MR) is 44.5 cm³/mol. The fourth-order valence-electron chi connectivity index (χ4n) is 0.567. The van der Waals surface area contributed by atoms with Gasteiger partial charge in [0.1, 0.15) is 0 Å². The van der Waals surface area contributed by atoms with E-state index in [1.165, 1.54) is 5.56 Å². The quantitative estimate of drug-likeness (QED) is 0.423. The molecular formula is C7H9ClMg. The Balaban J connectivity index is 0.000000640. The zero-order chi connectivity index (χ0) is 5.82. The second kappa shape index (κ2) is 5.09. The summed E-state index contributed by atoms with van der Waals surface area (Å²) >= 11 is 5.53. The average Bonchev–Trinajstić information content (AvgIpc) is 1.90. The van der Waals surface area contributed by atoms with Gasteiger partial charge >= 0.3 is 23.1 Å². The van der Waals surface area contributed by atoms with Crippen LogP contribution in [0, 0.1) is 0 Å². The van der Waals surface area contributed by atoms with Crippen molar-refractivity contribution < 1.29 is 0 Å². The maximum absolute atomic E-state index is 5.53. The zero-order valence-electron chi connectivity index (χ0n) is 4.47. The van der Waals surface area contributed by atoms with E-state index >= 15 is 0 Å². The van der Waals surface area contributed by atoms with Gasteiger partial charge < -0.3 is 0 Å². The first-order valence-electron chi connectivity index (χ1n) is 2.53. The van der Waals surface area contributed by atoms with Crippen LogP contribution in [0.15, 0.2) is 30.3 Å². The van der Waals surface area contributed by atoms with E-state index in [-0.39, 0.29) is 23.1 Å². The monoisotopic (exact) mass is 152 g/mol. The molecule has 0 aliphatic rings. The molecule has 0 bridgehead atoms. The van der Waals surface area contributed by atoms with E-state index in [9.17, 15) is 0 Å². The minimum absolute atomic E-state index is 0. The number of halogens is 1. The van der Waals surface area contributed by atoms with Crippen LogP contribution < -0.4 is 0 Å². The van der Waals surface area contributed by atoms with Crippen molar-refractivity contribution in [3.63, 3.8) is 0 Å². The Labute approximate surface area is 76.4 Å². The lowest BCUT2D eigenvalue weighted by Gasteiger charge is -1.88. The molecule has 46 valence electrons. The van der Waals surface area contributed by atoms with Gasteiger partial charge in [0.05, 0.1) is 0 Å². The second-order valence-electron chi connectivity index (χ2n) is 1.62. The zero-order valence-corrected chi connectivity index (χ0v) is 5.23. The Morgan fingerprint density at radius 1 is 1.11 bits per heavy atom. The summed E-state index contributed by atoms with van der Waals surface area (Å²) < 4.78 is 0. The molecule has 0 unspecified atom stereocenters. The number of hydrogen-bond acceptors (Lipinski definition) is 0. The van der Waals surface area contributed by atoms with Gasteiger partial charge in [0.2, 0.25) is 0 Å². The molecule has 0 heterocycles. The Hall–Kier alpha value is 0.276. The molecule has 0 fully saturated rings. The fraction of sp³-hybridized carbons (Fsp3) is 0.143. The van der Waals surface area contributed by atoms with Gasteiger partial charge in [-0.3, -0.25) is 0 Å². The summed E-state index contributed by atoms with van der Waals surface area (Å²) in [5.74, 6) is 0.612. The topological polar surface area (TPSA) is 0 Å². The molecule has 0 N–H and O–H groups in total. The predicted octanol–water partition coefficient (Wildman–Crippen LogP) is 1.51. The van der Waals surface area contributed by atoms with E-state index in [4.69, 9.17) is 11.6 Å². The molecule has 0 nitrogen and oxygen atoms in total. The highest BCUT2D eigenvalue weighted by molar-refractivity contribution is 6.17. The van der Waals surface area contributed by atoms with Crippen molar-refractivity contribution in [2.24, 2.45) is 0 Å². The van der Waals surface area contributed by atoms with Gasteiger partial charge in [-0.05, 0) is 5.56 Å². The lowest BCUT2D eigenvalue weighted by molar-refractivity contribution is 1.41. The third kappa shape index (κ3) is 3.09. The molecular weight excluding hydrogens is 144 g/mol. The van der Waals surface area contributed by atoms with Gasteiger partial charge in [0, 0.05) is 5.88 Å². The largest absolute Gasteiger partial charge is 0.316 e. The van der Waals surface area contributed by atoms with Gasteiger partial charge in [-0.1, -0.05) is 30.3 Å². The van der Waals surface area contributed by atoms with E-state index in [2.05, 4.69) is 0 Å². The van der Waals surface area contributed by atoms with Crippen molar-refractivity contribution in [1.82, 2.24) is 0 Å². The highest BCUT2D eigenvalue weighted by atomic mass is 35.5. The lowest BCUT2D eigenvalue weighted by atomic mass is 10.2. The summed E-state index contributed by atoms with van der Waals surface area (Å²) in [6, 6.07) is 9.96. The van der Waals surface area contributed by atoms with E-state index in [1.807, 2.05) is 30.3 Å². The van der Waals surface area contributed by atoms with Crippen molar-refractivity contribution in [2.45, 2.75) is 5.88 Å². The molecule has 0 spiro atoms. The summed E-state index contributed by atoms with van der Waals surface area (Å²) in [7, 11) is 0. The second-order valence-corrected chi connectivity index (χ2v) is 1.89. The summed E-state index contributed by atoms with van der Waals surface area (Å²) in [5.41, 5.74) is 1.18. The van der Waals surface area contributed by atoms with Crippen LogP contribution in [0.4, 0.5) is 0 Å². The Bertz CT molecular complexity index is 150. The van der Waals surface area contributed by atoms with Crippen LogP contribution in [0.1, 0.15) is 5.56 Å². The first-order valence-corrected chi connectivity index (χ1v) is 3.07. The molecule has 0 aromatic heterocycles. The molecule has 2 heteroatoms. The van der Waals surface area contributed by atoms with E-state index < -0.39 is 0 Å². The van der Waals surface area contributed by atoms with Crippen LogP contribution in [0.5, 0.6) is 0 Å². The lowest BCUT2D eigenvalue weighted by Crippen LogP contribution is -1.71. The SMILES string of the molecule is ClCc1ccccc1.[MgH2]. The standard InChI is InChI=1S/C7H7Cl.Mg.2H/c8-6-7-4-2-1-3-5-7;;;/h1-5H,6H2;;;. The summed E-state index contributed by atoms with van der Waals surface area (Å²) in [4.78, 5) is 0. The number of alkyl halides is 1. The van der Waals surface area contributed by atoms with Gasteiger partial charge in [-0.15, -0.1) is 11.6 Å². The van der Waals surface area contributed by atoms with E-state index in [0.717, 1.165) is 0 Å². The van der Waals surface area contributed by atoms with Crippen molar-refractivity contribution >= 4 is 34.7 Å². The average molecular weight is 153 g/mol. The molecule has 0 aliphatic carbocycles. The molecule has 1 aromatic carbocycles. The third-order valence-electron chi connectivity index (χ3n) is 0.997. The smallest absolute Gasteiger partial charge is 0.122 e. The van der Waals surface area contributed by atoms with Gasteiger partial charge in [0.25, 0.3) is 0 Å². The highest BCUT2D eigenvalue weighted by Gasteiger charge is 1.81. The molecule has 0 atom stereocenters. The summed E-state index contributed by atoms with van der Waals surface area (Å²) in [5, 5.41) is 0. The van der Waals surface area contributed by atoms with Crippen molar-refractivity contribution in [3.05, 3.63) is 35.9 Å². The number of rotatable bonds is 1. The number of benzene rings is 1. The Kier molecular flexibility index (Phi) is 5.25. The third-order valence-corrected chi connectivity index (χ3v) is 1.31. The van der Waals surface area contributed by atoms with Crippen molar-refractivity contribution in [2.75, 3.05) is 0 Å². The van der Waals surface area contributed by atoms with Crippen molar-refractivity contribution in [1.29, 1.82) is 0 Å². The molecule has 9 heavy (non-hydrogen) atoms. The maximum atomic E-state index is 5.53. The summed E-state index contributed by atoms with van der Waals surface area (Å²) in [6.07, 6.45) is 0. The van der Waals surface area contributed by atoms with Crippen LogP contribution in [-0.4, -0.2) is 23.1 Å². The minimum Gasteiger partial charge on any atom is -0.122 e.